The van der Waals surface area contributed by atoms with E-state index in [1.165, 1.54) is 12.1 Å². The summed E-state index contributed by atoms with van der Waals surface area (Å²) in [5.74, 6) is -0.369. The minimum absolute atomic E-state index is 0.000168. The molecule has 20 heavy (non-hydrogen) atoms. The summed E-state index contributed by atoms with van der Waals surface area (Å²) >= 11 is 0. The van der Waals surface area contributed by atoms with Crippen LogP contribution < -0.4 is 0 Å². The van der Waals surface area contributed by atoms with E-state index < -0.39 is 10.1 Å². The molecule has 5 nitrogen and oxygen atoms in total. The number of aryl methyl sites for hydroxylation is 1. The first-order chi connectivity index (χ1) is 9.53. The SMILES string of the molecule is Cc1ccc(S(=O)(=O)OC(=[N+]=[N-])c2ccccc2)cc1. The predicted molar refractivity (Wildman–Crippen MR) is 73.6 cm³/mol. The van der Waals surface area contributed by atoms with Crippen LogP contribution in [0.1, 0.15) is 11.1 Å². The molecule has 6 heteroatoms. The first-order valence-electron chi connectivity index (χ1n) is 5.81. The van der Waals surface area contributed by atoms with Crippen molar-refractivity contribution >= 4 is 16.0 Å². The largest absolute Gasteiger partial charge is 0.498 e. The number of hydrogen-bond acceptors (Lipinski definition) is 3. The third-order valence-corrected chi connectivity index (χ3v) is 3.84. The Morgan fingerprint density at radius 2 is 1.65 bits per heavy atom. The molecule has 0 saturated carbocycles. The van der Waals surface area contributed by atoms with Crippen LogP contribution in [0.5, 0.6) is 0 Å². The quantitative estimate of drug-likeness (QED) is 0.286. The Labute approximate surface area is 117 Å². The van der Waals surface area contributed by atoms with E-state index in [1.54, 1.807) is 42.5 Å². The molecule has 0 bridgehead atoms. The number of nitrogens with zero attached hydrogens (tertiary/aromatic N) is 2. The van der Waals surface area contributed by atoms with Gasteiger partial charge in [-0.05, 0) is 31.2 Å². The van der Waals surface area contributed by atoms with Gasteiger partial charge in [-0.1, -0.05) is 35.9 Å². The van der Waals surface area contributed by atoms with Crippen LogP contribution >= 0.6 is 0 Å². The maximum Gasteiger partial charge on any atom is 0.498 e. The normalized spacial score (nSPS) is 10.7. The van der Waals surface area contributed by atoms with Crippen LogP contribution in [-0.2, 0) is 14.3 Å². The Morgan fingerprint density at radius 3 is 2.20 bits per heavy atom. The molecule has 2 aromatic rings. The summed E-state index contributed by atoms with van der Waals surface area (Å²) in [6, 6.07) is 14.5. The molecule has 0 N–H and O–H groups in total. The smallest absolute Gasteiger partial charge is 0.357 e. The lowest BCUT2D eigenvalue weighted by Gasteiger charge is -2.03. The maximum atomic E-state index is 12.1. The third kappa shape index (κ3) is 3.12. The fourth-order valence-corrected chi connectivity index (χ4v) is 2.46. The van der Waals surface area contributed by atoms with Gasteiger partial charge in [-0.2, -0.15) is 8.42 Å². The molecule has 0 aliphatic rings. The van der Waals surface area contributed by atoms with Crippen molar-refractivity contribution in [3.05, 3.63) is 71.3 Å². The molecule has 102 valence electrons. The van der Waals surface area contributed by atoms with E-state index in [1.807, 2.05) is 6.92 Å². The monoisotopic (exact) mass is 288 g/mol. The highest BCUT2D eigenvalue weighted by Gasteiger charge is 2.24. The lowest BCUT2D eigenvalue weighted by molar-refractivity contribution is -0.0242. The molecular formula is C14H12N2O3S. The minimum Gasteiger partial charge on any atom is -0.357 e. The Bertz CT molecular complexity index is 747. The van der Waals surface area contributed by atoms with Crippen molar-refractivity contribution in [2.45, 2.75) is 11.8 Å². The molecule has 2 aromatic carbocycles. The average molecular weight is 288 g/mol. The highest BCUT2D eigenvalue weighted by atomic mass is 32.2. The zero-order valence-electron chi connectivity index (χ0n) is 10.7. The van der Waals surface area contributed by atoms with Gasteiger partial charge in [0.15, 0.2) is 0 Å². The molecule has 0 amide bonds. The molecule has 0 saturated heterocycles. The van der Waals surface area contributed by atoms with E-state index in [9.17, 15) is 8.42 Å². The lowest BCUT2D eigenvalue weighted by atomic mass is 10.2. The summed E-state index contributed by atoms with van der Waals surface area (Å²) in [6.45, 7) is 1.85. The molecule has 0 unspecified atom stereocenters. The second kappa shape index (κ2) is 5.69. The van der Waals surface area contributed by atoms with Gasteiger partial charge in [-0.25, -0.2) is 0 Å². The van der Waals surface area contributed by atoms with Gasteiger partial charge in [-0.15, -0.1) is 4.79 Å². The summed E-state index contributed by atoms with van der Waals surface area (Å²) in [5.41, 5.74) is 10.2. The van der Waals surface area contributed by atoms with Crippen molar-refractivity contribution in [2.75, 3.05) is 0 Å². The Balaban J connectivity index is 2.32. The van der Waals surface area contributed by atoms with Crippen molar-refractivity contribution in [3.8, 4) is 0 Å². The summed E-state index contributed by atoms with van der Waals surface area (Å²) < 4.78 is 29.0. The van der Waals surface area contributed by atoms with E-state index in [0.717, 1.165) is 5.56 Å². The van der Waals surface area contributed by atoms with Crippen molar-refractivity contribution in [1.82, 2.24) is 0 Å². The van der Waals surface area contributed by atoms with E-state index in [0.29, 0.717) is 5.56 Å². The maximum absolute atomic E-state index is 12.1. The van der Waals surface area contributed by atoms with Crippen LogP contribution in [0.15, 0.2) is 59.5 Å². The molecule has 0 fully saturated rings. The molecular weight excluding hydrogens is 276 g/mol. The Hall–Kier alpha value is -2.43. The van der Waals surface area contributed by atoms with Gasteiger partial charge in [0.05, 0.1) is 0 Å². The fraction of sp³-hybridized carbons (Fsp3) is 0.0714. The van der Waals surface area contributed by atoms with Gasteiger partial charge in [0, 0.05) is 0 Å². The number of hydrogen-bond donors (Lipinski definition) is 0. The Kier molecular flexibility index (Phi) is 3.98. The van der Waals surface area contributed by atoms with Gasteiger partial charge in [-0.3, -0.25) is 0 Å². The molecule has 0 heterocycles. The van der Waals surface area contributed by atoms with Gasteiger partial charge in [0.1, 0.15) is 10.5 Å². The van der Waals surface area contributed by atoms with Crippen molar-refractivity contribution in [2.24, 2.45) is 0 Å². The zero-order valence-corrected chi connectivity index (χ0v) is 11.5. The van der Waals surface area contributed by atoms with E-state index in [-0.39, 0.29) is 10.8 Å². The molecule has 2 rings (SSSR count). The van der Waals surface area contributed by atoms with E-state index in [4.69, 9.17) is 9.71 Å². The summed E-state index contributed by atoms with van der Waals surface area (Å²) in [5, 5.41) is 0. The average Bonchev–Trinajstić information content (AvgIpc) is 2.46. The second-order valence-electron chi connectivity index (χ2n) is 4.12. The highest BCUT2D eigenvalue weighted by molar-refractivity contribution is 7.87. The third-order valence-electron chi connectivity index (χ3n) is 2.61. The standard InChI is InChI=1S/C14H12N2O3S/c1-11-7-9-13(10-8-11)20(17,18)19-14(16-15)12-5-3-2-4-6-12/h2-10H,1H3. The first-order valence-corrected chi connectivity index (χ1v) is 7.22. The number of benzene rings is 2. The summed E-state index contributed by atoms with van der Waals surface area (Å²) in [4.78, 5) is 2.90. The van der Waals surface area contributed by atoms with E-state index >= 15 is 0 Å². The van der Waals surface area contributed by atoms with Crippen LogP contribution in [0, 0.1) is 6.92 Å². The van der Waals surface area contributed by atoms with Crippen molar-refractivity contribution < 1.29 is 17.4 Å². The van der Waals surface area contributed by atoms with Crippen LogP contribution in [0.3, 0.4) is 0 Å². The molecule has 0 aliphatic carbocycles. The van der Waals surface area contributed by atoms with E-state index in [2.05, 4.69) is 4.79 Å². The molecule has 0 radical (unpaired) electrons. The van der Waals surface area contributed by atoms with Gasteiger partial charge < -0.3 is 9.71 Å². The summed E-state index contributed by atoms with van der Waals surface area (Å²) in [6.07, 6.45) is 0. The van der Waals surface area contributed by atoms with Crippen LogP contribution in [0.4, 0.5) is 0 Å². The van der Waals surface area contributed by atoms with Gasteiger partial charge in [0.2, 0.25) is 0 Å². The minimum atomic E-state index is -4.03. The molecule has 0 spiro atoms. The van der Waals surface area contributed by atoms with Crippen LogP contribution in [0.2, 0.25) is 0 Å². The number of rotatable bonds is 3. The predicted octanol–water partition coefficient (Wildman–Crippen LogP) is 2.38. The van der Waals surface area contributed by atoms with Crippen LogP contribution in [0.25, 0.3) is 5.53 Å². The van der Waals surface area contributed by atoms with Crippen molar-refractivity contribution in [1.29, 1.82) is 0 Å². The fourth-order valence-electron chi connectivity index (χ4n) is 1.56. The molecule has 0 aliphatic heterocycles. The second-order valence-corrected chi connectivity index (χ2v) is 5.67. The summed E-state index contributed by atoms with van der Waals surface area (Å²) in [7, 11) is -4.03. The first kappa shape index (κ1) is 14.0. The topological polar surface area (TPSA) is 79.8 Å². The molecule has 0 atom stereocenters. The van der Waals surface area contributed by atoms with Crippen molar-refractivity contribution in [3.63, 3.8) is 0 Å². The Morgan fingerprint density at radius 1 is 1.05 bits per heavy atom. The zero-order chi connectivity index (χ0) is 14.6. The molecule has 0 aromatic heterocycles. The van der Waals surface area contributed by atoms with Crippen LogP contribution in [-0.4, -0.2) is 19.1 Å². The highest BCUT2D eigenvalue weighted by Crippen LogP contribution is 2.15. The van der Waals surface area contributed by atoms with Gasteiger partial charge in [0.25, 0.3) is 0 Å². The lowest BCUT2D eigenvalue weighted by Crippen LogP contribution is -2.15. The van der Waals surface area contributed by atoms with Gasteiger partial charge >= 0.3 is 16.0 Å².